The monoisotopic (exact) mass is 240 g/mol. The Morgan fingerprint density at radius 1 is 1.47 bits per heavy atom. The third-order valence-electron chi connectivity index (χ3n) is 2.43. The summed E-state index contributed by atoms with van der Waals surface area (Å²) >= 11 is 0. The largest absolute Gasteiger partial charge is 0.496 e. The lowest BCUT2D eigenvalue weighted by Crippen LogP contribution is -2.39. The number of rotatable bonds is 4. The number of carbonyl (C=O) groups is 1. The van der Waals surface area contributed by atoms with Gasteiger partial charge in [0.05, 0.1) is 19.2 Å². The first-order valence-corrected chi connectivity index (χ1v) is 5.35. The van der Waals surface area contributed by atoms with Crippen molar-refractivity contribution < 1.29 is 13.9 Å². The van der Waals surface area contributed by atoms with Crippen molar-refractivity contribution >= 4 is 5.91 Å². The second kappa shape index (κ2) is 5.63. The standard InChI is InChI=1S/C12H17FN2O2/c1-7(14)12(16)15-8(2)10-6-9(13)4-5-11(10)17-3/h4-8H,14H2,1-3H3,(H,15,16)/t7-,8?/m0/s1. The van der Waals surface area contributed by atoms with Crippen molar-refractivity contribution in [1.29, 1.82) is 0 Å². The molecule has 5 heteroatoms. The average molecular weight is 240 g/mol. The highest BCUT2D eigenvalue weighted by atomic mass is 19.1. The number of nitrogens with two attached hydrogens (primary N) is 1. The molecule has 0 bridgehead atoms. The molecule has 0 saturated carbocycles. The van der Waals surface area contributed by atoms with E-state index < -0.39 is 6.04 Å². The third kappa shape index (κ3) is 3.42. The highest BCUT2D eigenvalue weighted by Gasteiger charge is 2.16. The van der Waals surface area contributed by atoms with Crippen LogP contribution in [0.25, 0.3) is 0 Å². The number of hydrogen-bond donors (Lipinski definition) is 2. The Labute approximate surface area is 100.0 Å². The van der Waals surface area contributed by atoms with Gasteiger partial charge < -0.3 is 15.8 Å². The average Bonchev–Trinajstić information content (AvgIpc) is 2.28. The zero-order valence-electron chi connectivity index (χ0n) is 10.2. The van der Waals surface area contributed by atoms with Crippen LogP contribution < -0.4 is 15.8 Å². The lowest BCUT2D eigenvalue weighted by Gasteiger charge is -2.18. The van der Waals surface area contributed by atoms with Gasteiger partial charge in [0.2, 0.25) is 5.91 Å². The van der Waals surface area contributed by atoms with Gasteiger partial charge in [0.25, 0.3) is 0 Å². The normalized spacial score (nSPS) is 13.9. The van der Waals surface area contributed by atoms with E-state index >= 15 is 0 Å². The molecule has 0 heterocycles. The molecule has 0 radical (unpaired) electrons. The van der Waals surface area contributed by atoms with Crippen LogP contribution in [0.3, 0.4) is 0 Å². The Morgan fingerprint density at radius 2 is 2.12 bits per heavy atom. The molecule has 0 aliphatic rings. The number of halogens is 1. The van der Waals surface area contributed by atoms with Crippen molar-refractivity contribution in [3.8, 4) is 5.75 Å². The first-order valence-electron chi connectivity index (χ1n) is 5.35. The van der Waals surface area contributed by atoms with Gasteiger partial charge in [-0.1, -0.05) is 0 Å². The van der Waals surface area contributed by atoms with E-state index in [1.165, 1.54) is 25.3 Å². The summed E-state index contributed by atoms with van der Waals surface area (Å²) in [5.41, 5.74) is 6.03. The van der Waals surface area contributed by atoms with Gasteiger partial charge in [-0.05, 0) is 32.0 Å². The molecular weight excluding hydrogens is 223 g/mol. The molecule has 0 spiro atoms. The van der Waals surface area contributed by atoms with Crippen LogP contribution in [0, 0.1) is 5.82 Å². The van der Waals surface area contributed by atoms with Crippen molar-refractivity contribution in [2.75, 3.05) is 7.11 Å². The van der Waals surface area contributed by atoms with Crippen molar-refractivity contribution in [2.24, 2.45) is 5.73 Å². The minimum atomic E-state index is -0.600. The second-order valence-electron chi connectivity index (χ2n) is 3.91. The molecule has 0 aliphatic carbocycles. The Kier molecular flexibility index (Phi) is 4.45. The molecule has 1 rings (SSSR count). The number of carbonyl (C=O) groups excluding carboxylic acids is 1. The maximum Gasteiger partial charge on any atom is 0.237 e. The fraction of sp³-hybridized carbons (Fsp3) is 0.417. The maximum atomic E-state index is 13.1. The predicted molar refractivity (Wildman–Crippen MR) is 63.2 cm³/mol. The maximum absolute atomic E-state index is 13.1. The van der Waals surface area contributed by atoms with Crippen LogP contribution in [-0.4, -0.2) is 19.1 Å². The molecule has 2 atom stereocenters. The van der Waals surface area contributed by atoms with Crippen molar-refractivity contribution in [2.45, 2.75) is 25.9 Å². The van der Waals surface area contributed by atoms with E-state index in [1.807, 2.05) is 0 Å². The van der Waals surface area contributed by atoms with E-state index in [9.17, 15) is 9.18 Å². The Hall–Kier alpha value is -1.62. The van der Waals surface area contributed by atoms with Crippen LogP contribution in [0.2, 0.25) is 0 Å². The summed E-state index contributed by atoms with van der Waals surface area (Å²) in [5, 5.41) is 2.69. The predicted octanol–water partition coefficient (Wildman–Crippen LogP) is 1.36. The summed E-state index contributed by atoms with van der Waals surface area (Å²) in [7, 11) is 1.50. The van der Waals surface area contributed by atoms with E-state index in [1.54, 1.807) is 13.8 Å². The van der Waals surface area contributed by atoms with E-state index in [2.05, 4.69) is 5.32 Å². The smallest absolute Gasteiger partial charge is 0.237 e. The van der Waals surface area contributed by atoms with Crippen molar-refractivity contribution in [1.82, 2.24) is 5.32 Å². The van der Waals surface area contributed by atoms with Gasteiger partial charge in [-0.3, -0.25) is 4.79 Å². The van der Waals surface area contributed by atoms with E-state index in [4.69, 9.17) is 10.5 Å². The lowest BCUT2D eigenvalue weighted by molar-refractivity contribution is -0.122. The number of ether oxygens (including phenoxy) is 1. The fourth-order valence-electron chi connectivity index (χ4n) is 1.47. The van der Waals surface area contributed by atoms with Crippen LogP contribution in [0.1, 0.15) is 25.5 Å². The summed E-state index contributed by atoms with van der Waals surface area (Å²) < 4.78 is 18.3. The van der Waals surface area contributed by atoms with E-state index in [-0.39, 0.29) is 17.8 Å². The van der Waals surface area contributed by atoms with E-state index in [0.717, 1.165) is 0 Å². The summed E-state index contributed by atoms with van der Waals surface area (Å²) in [6.07, 6.45) is 0. The number of benzene rings is 1. The lowest BCUT2D eigenvalue weighted by atomic mass is 10.1. The SMILES string of the molecule is COc1ccc(F)cc1C(C)NC(=O)[C@H](C)N. The first-order chi connectivity index (χ1) is 7.95. The zero-order chi connectivity index (χ0) is 13.0. The molecule has 0 fully saturated rings. The molecule has 1 aromatic carbocycles. The van der Waals surface area contributed by atoms with E-state index in [0.29, 0.717) is 11.3 Å². The topological polar surface area (TPSA) is 64.3 Å². The van der Waals surface area contributed by atoms with Crippen molar-refractivity contribution in [3.05, 3.63) is 29.6 Å². The molecular formula is C12H17FN2O2. The van der Waals surface area contributed by atoms with Crippen LogP contribution in [0.15, 0.2) is 18.2 Å². The highest BCUT2D eigenvalue weighted by Crippen LogP contribution is 2.25. The van der Waals surface area contributed by atoms with Gasteiger partial charge in [-0.15, -0.1) is 0 Å². The number of nitrogens with one attached hydrogen (secondary N) is 1. The number of amides is 1. The molecule has 0 aliphatic heterocycles. The molecule has 1 amide bonds. The minimum Gasteiger partial charge on any atom is -0.496 e. The molecule has 17 heavy (non-hydrogen) atoms. The van der Waals surface area contributed by atoms with Crippen LogP contribution in [0.4, 0.5) is 4.39 Å². The Bertz CT molecular complexity index is 407. The Morgan fingerprint density at radius 3 is 2.65 bits per heavy atom. The van der Waals surface area contributed by atoms with Gasteiger partial charge in [0, 0.05) is 5.56 Å². The second-order valence-corrected chi connectivity index (χ2v) is 3.91. The van der Waals surface area contributed by atoms with Crippen LogP contribution in [-0.2, 0) is 4.79 Å². The zero-order valence-corrected chi connectivity index (χ0v) is 10.2. The Balaban J connectivity index is 2.91. The summed E-state index contributed by atoms with van der Waals surface area (Å²) in [6, 6.07) is 3.21. The molecule has 94 valence electrons. The molecule has 1 aromatic rings. The van der Waals surface area contributed by atoms with Gasteiger partial charge in [-0.2, -0.15) is 0 Å². The summed E-state index contributed by atoms with van der Waals surface area (Å²) in [6.45, 7) is 3.34. The summed E-state index contributed by atoms with van der Waals surface area (Å²) in [5.74, 6) is -0.129. The van der Waals surface area contributed by atoms with Crippen LogP contribution in [0.5, 0.6) is 5.75 Å². The minimum absolute atomic E-state index is 0.288. The van der Waals surface area contributed by atoms with Crippen molar-refractivity contribution in [3.63, 3.8) is 0 Å². The van der Waals surface area contributed by atoms with Gasteiger partial charge in [-0.25, -0.2) is 4.39 Å². The summed E-state index contributed by atoms with van der Waals surface area (Å²) in [4.78, 5) is 11.4. The highest BCUT2D eigenvalue weighted by molar-refractivity contribution is 5.81. The molecule has 3 N–H and O–H groups in total. The molecule has 0 saturated heterocycles. The van der Waals surface area contributed by atoms with Gasteiger partial charge >= 0.3 is 0 Å². The number of methoxy groups -OCH3 is 1. The third-order valence-corrected chi connectivity index (χ3v) is 2.43. The quantitative estimate of drug-likeness (QED) is 0.835. The number of hydrogen-bond acceptors (Lipinski definition) is 3. The molecule has 0 aromatic heterocycles. The van der Waals surface area contributed by atoms with Crippen LogP contribution >= 0.6 is 0 Å². The molecule has 1 unspecified atom stereocenters. The molecule has 4 nitrogen and oxygen atoms in total. The first kappa shape index (κ1) is 13.4. The van der Waals surface area contributed by atoms with Gasteiger partial charge in [0.15, 0.2) is 0 Å². The fourth-order valence-corrected chi connectivity index (χ4v) is 1.47. The van der Waals surface area contributed by atoms with Gasteiger partial charge in [0.1, 0.15) is 11.6 Å².